The van der Waals surface area contributed by atoms with Gasteiger partial charge >= 0.3 is 0 Å². The lowest BCUT2D eigenvalue weighted by molar-refractivity contribution is -0.132. The molecule has 20 heavy (non-hydrogen) atoms. The Morgan fingerprint density at radius 1 is 1.35 bits per heavy atom. The average Bonchev–Trinajstić information content (AvgIpc) is 2.41. The van der Waals surface area contributed by atoms with Gasteiger partial charge in [0, 0.05) is 31.7 Å². The summed E-state index contributed by atoms with van der Waals surface area (Å²) in [5.41, 5.74) is 6.17. The first kappa shape index (κ1) is 15.2. The third-order valence-electron chi connectivity index (χ3n) is 3.30. The molecule has 0 spiro atoms. The molecule has 1 saturated heterocycles. The number of hydrogen-bond acceptors (Lipinski definition) is 4. The van der Waals surface area contributed by atoms with E-state index >= 15 is 0 Å². The van der Waals surface area contributed by atoms with E-state index in [1.165, 1.54) is 21.3 Å². The summed E-state index contributed by atoms with van der Waals surface area (Å²) in [7, 11) is -2.05. The van der Waals surface area contributed by atoms with Crippen molar-refractivity contribution in [3.63, 3.8) is 0 Å². The molecule has 0 saturated carbocycles. The van der Waals surface area contributed by atoms with E-state index in [9.17, 15) is 13.2 Å². The van der Waals surface area contributed by atoms with Crippen LogP contribution < -0.4 is 5.73 Å². The van der Waals surface area contributed by atoms with Crippen molar-refractivity contribution in [3.05, 3.63) is 28.8 Å². The van der Waals surface area contributed by atoms with Crippen molar-refractivity contribution in [2.75, 3.05) is 26.7 Å². The number of nitrogens with two attached hydrogens (primary N) is 1. The second-order valence-corrected chi connectivity index (χ2v) is 6.96. The fraction of sp³-hybridized carbons (Fsp3) is 0.417. The van der Waals surface area contributed by atoms with Gasteiger partial charge in [-0.05, 0) is 17.7 Å². The quantitative estimate of drug-likeness (QED) is 0.867. The van der Waals surface area contributed by atoms with Gasteiger partial charge in [0.05, 0.1) is 11.4 Å². The smallest absolute Gasteiger partial charge is 0.243 e. The minimum absolute atomic E-state index is 0.0806. The Balaban J connectivity index is 2.31. The van der Waals surface area contributed by atoms with Crippen LogP contribution in [-0.4, -0.2) is 50.2 Å². The number of carbonyl (C=O) groups is 1. The van der Waals surface area contributed by atoms with Crippen LogP contribution >= 0.6 is 11.6 Å². The molecule has 1 heterocycles. The predicted molar refractivity (Wildman–Crippen MR) is 75.7 cm³/mol. The SMILES string of the molecule is CN1CCN(S(=O)(=O)c2ccc(CN)c(Cl)c2)CC1=O. The zero-order valence-electron chi connectivity index (χ0n) is 11.0. The van der Waals surface area contributed by atoms with Gasteiger partial charge in [0.15, 0.2) is 0 Å². The zero-order chi connectivity index (χ0) is 14.9. The van der Waals surface area contributed by atoms with Crippen molar-refractivity contribution in [3.8, 4) is 0 Å². The third-order valence-corrected chi connectivity index (χ3v) is 5.50. The first-order valence-electron chi connectivity index (χ1n) is 6.09. The standard InChI is InChI=1S/C12H16ClN3O3S/c1-15-4-5-16(8-12(15)17)20(18,19)10-3-2-9(7-14)11(13)6-10/h2-3,6H,4-5,7-8,14H2,1H3. The topological polar surface area (TPSA) is 83.7 Å². The number of likely N-dealkylation sites (N-methyl/N-ethyl adjacent to an activating group) is 1. The summed E-state index contributed by atoms with van der Waals surface area (Å²) in [4.78, 5) is 13.2. The molecule has 0 radical (unpaired) electrons. The highest BCUT2D eigenvalue weighted by atomic mass is 35.5. The monoisotopic (exact) mass is 317 g/mol. The zero-order valence-corrected chi connectivity index (χ0v) is 12.6. The van der Waals surface area contributed by atoms with Crippen LogP contribution in [-0.2, 0) is 21.4 Å². The summed E-state index contributed by atoms with van der Waals surface area (Å²) in [6.07, 6.45) is 0. The maximum absolute atomic E-state index is 12.5. The van der Waals surface area contributed by atoms with E-state index in [-0.39, 0.29) is 30.4 Å². The van der Waals surface area contributed by atoms with Crippen molar-refractivity contribution < 1.29 is 13.2 Å². The summed E-state index contributed by atoms with van der Waals surface area (Å²) >= 11 is 5.99. The number of benzene rings is 1. The lowest BCUT2D eigenvalue weighted by Crippen LogP contribution is -2.50. The molecular weight excluding hydrogens is 302 g/mol. The van der Waals surface area contributed by atoms with Gasteiger partial charge in [0.1, 0.15) is 0 Å². The number of halogens is 1. The van der Waals surface area contributed by atoms with Crippen LogP contribution in [0.3, 0.4) is 0 Å². The van der Waals surface area contributed by atoms with E-state index in [1.807, 2.05) is 0 Å². The Hall–Kier alpha value is -1.15. The van der Waals surface area contributed by atoms with Gasteiger partial charge in [-0.1, -0.05) is 17.7 Å². The highest BCUT2D eigenvalue weighted by Crippen LogP contribution is 2.23. The first-order chi connectivity index (χ1) is 9.36. The van der Waals surface area contributed by atoms with Gasteiger partial charge in [-0.3, -0.25) is 4.79 Å². The van der Waals surface area contributed by atoms with Crippen molar-refractivity contribution >= 4 is 27.5 Å². The second kappa shape index (κ2) is 5.69. The van der Waals surface area contributed by atoms with Gasteiger partial charge in [0.25, 0.3) is 0 Å². The maximum atomic E-state index is 12.5. The number of rotatable bonds is 3. The third kappa shape index (κ3) is 2.80. The lowest BCUT2D eigenvalue weighted by Gasteiger charge is -2.31. The molecule has 1 aromatic rings. The van der Waals surface area contributed by atoms with Crippen LogP contribution in [0.15, 0.2) is 23.1 Å². The fourth-order valence-corrected chi connectivity index (χ4v) is 3.67. The highest BCUT2D eigenvalue weighted by Gasteiger charge is 2.31. The average molecular weight is 318 g/mol. The molecule has 0 aromatic heterocycles. The van der Waals surface area contributed by atoms with E-state index in [0.29, 0.717) is 17.1 Å². The maximum Gasteiger partial charge on any atom is 0.243 e. The number of nitrogens with zero attached hydrogens (tertiary/aromatic N) is 2. The molecule has 2 N–H and O–H groups in total. The van der Waals surface area contributed by atoms with Crippen LogP contribution in [0, 0.1) is 0 Å². The Labute approximate surface area is 123 Å². The van der Waals surface area contributed by atoms with Crippen molar-refractivity contribution in [2.24, 2.45) is 5.73 Å². The molecule has 0 atom stereocenters. The number of piperazine rings is 1. The molecule has 0 unspecified atom stereocenters. The molecule has 1 amide bonds. The van der Waals surface area contributed by atoms with E-state index in [4.69, 9.17) is 17.3 Å². The Bertz CT molecular complexity index is 633. The van der Waals surface area contributed by atoms with Crippen molar-refractivity contribution in [1.82, 2.24) is 9.21 Å². The molecule has 1 fully saturated rings. The molecule has 0 aliphatic carbocycles. The molecule has 110 valence electrons. The summed E-state index contributed by atoms with van der Waals surface area (Å²) in [5.74, 6) is -0.218. The number of sulfonamides is 1. The second-order valence-electron chi connectivity index (χ2n) is 4.61. The predicted octanol–water partition coefficient (Wildman–Crippen LogP) is 0.261. The highest BCUT2D eigenvalue weighted by molar-refractivity contribution is 7.89. The van der Waals surface area contributed by atoms with Crippen LogP contribution in [0.2, 0.25) is 5.02 Å². The number of hydrogen-bond donors (Lipinski definition) is 1. The number of amides is 1. The molecule has 6 nitrogen and oxygen atoms in total. The van der Waals surface area contributed by atoms with Gasteiger partial charge in [-0.25, -0.2) is 8.42 Å². The lowest BCUT2D eigenvalue weighted by atomic mass is 10.2. The van der Waals surface area contributed by atoms with Crippen LogP contribution in [0.5, 0.6) is 0 Å². The van der Waals surface area contributed by atoms with E-state index < -0.39 is 10.0 Å². The Morgan fingerprint density at radius 3 is 2.60 bits per heavy atom. The van der Waals surface area contributed by atoms with Gasteiger partial charge < -0.3 is 10.6 Å². The molecule has 0 bridgehead atoms. The number of carbonyl (C=O) groups excluding carboxylic acids is 1. The molecule has 1 aliphatic rings. The van der Waals surface area contributed by atoms with E-state index in [0.717, 1.165) is 0 Å². The fourth-order valence-electron chi connectivity index (χ4n) is 1.95. The summed E-state index contributed by atoms with van der Waals surface area (Å²) < 4.78 is 26.1. The van der Waals surface area contributed by atoms with Crippen molar-refractivity contribution in [1.29, 1.82) is 0 Å². The van der Waals surface area contributed by atoms with Gasteiger partial charge in [-0.2, -0.15) is 4.31 Å². The largest absolute Gasteiger partial charge is 0.343 e. The van der Waals surface area contributed by atoms with Gasteiger partial charge in [0.2, 0.25) is 15.9 Å². The Kier molecular flexibility index (Phi) is 4.33. The minimum atomic E-state index is -3.71. The van der Waals surface area contributed by atoms with Crippen LogP contribution in [0.1, 0.15) is 5.56 Å². The summed E-state index contributed by atoms with van der Waals surface area (Å²) in [6, 6.07) is 4.43. The molecule has 1 aromatic carbocycles. The van der Waals surface area contributed by atoms with Crippen LogP contribution in [0.25, 0.3) is 0 Å². The molecular formula is C12H16ClN3O3S. The normalized spacial score (nSPS) is 17.6. The van der Waals surface area contributed by atoms with Crippen molar-refractivity contribution in [2.45, 2.75) is 11.4 Å². The van der Waals surface area contributed by atoms with E-state index in [2.05, 4.69) is 0 Å². The van der Waals surface area contributed by atoms with Crippen LogP contribution in [0.4, 0.5) is 0 Å². The summed E-state index contributed by atoms with van der Waals surface area (Å²) in [6.45, 7) is 0.759. The molecule has 8 heteroatoms. The Morgan fingerprint density at radius 2 is 2.05 bits per heavy atom. The molecule has 2 rings (SSSR count). The summed E-state index contributed by atoms with van der Waals surface area (Å²) in [5, 5.41) is 0.314. The molecule has 1 aliphatic heterocycles. The van der Waals surface area contributed by atoms with E-state index in [1.54, 1.807) is 13.1 Å². The minimum Gasteiger partial charge on any atom is -0.343 e. The first-order valence-corrected chi connectivity index (χ1v) is 7.90. The van der Waals surface area contributed by atoms with Gasteiger partial charge in [-0.15, -0.1) is 0 Å².